The van der Waals surface area contributed by atoms with E-state index in [1.165, 1.54) is 0 Å². The molecule has 122 valence electrons. The van der Waals surface area contributed by atoms with E-state index in [-0.39, 0.29) is 11.5 Å². The van der Waals surface area contributed by atoms with E-state index in [0.29, 0.717) is 10.9 Å². The summed E-state index contributed by atoms with van der Waals surface area (Å²) in [6, 6.07) is 14.6. The van der Waals surface area contributed by atoms with Crippen LogP contribution >= 0.6 is 0 Å². The molecular weight excluding hydrogens is 304 g/mol. The smallest absolute Gasteiger partial charge is 0.360 e. The van der Waals surface area contributed by atoms with Gasteiger partial charge in [0.1, 0.15) is 0 Å². The Bertz CT molecular complexity index is 881. The van der Waals surface area contributed by atoms with Crippen molar-refractivity contribution in [2.24, 2.45) is 0 Å². The van der Waals surface area contributed by atoms with Crippen molar-refractivity contribution in [3.63, 3.8) is 0 Å². The molecule has 0 bridgehead atoms. The number of H-pyrrole nitrogens is 1. The number of fused-ring (bicyclic) bond motifs is 1. The molecule has 0 aliphatic carbocycles. The lowest BCUT2D eigenvalue weighted by Gasteiger charge is -2.12. The first-order chi connectivity index (χ1) is 11.6. The van der Waals surface area contributed by atoms with Crippen LogP contribution < -0.4 is 0 Å². The molecule has 1 N–H and O–H groups in total. The number of Topliss-reactive ketones (excluding diaryl/α,β-unsaturated/α-hetero) is 1. The van der Waals surface area contributed by atoms with Gasteiger partial charge in [-0.2, -0.15) is 5.10 Å². The minimum absolute atomic E-state index is 0.187. The molecule has 0 amide bonds. The van der Waals surface area contributed by atoms with E-state index in [1.807, 2.05) is 30.3 Å². The van der Waals surface area contributed by atoms with Crippen molar-refractivity contribution in [2.45, 2.75) is 26.4 Å². The van der Waals surface area contributed by atoms with Gasteiger partial charge in [0.25, 0.3) is 0 Å². The van der Waals surface area contributed by atoms with Gasteiger partial charge in [-0.05, 0) is 25.0 Å². The summed E-state index contributed by atoms with van der Waals surface area (Å²) in [6.45, 7) is 3.62. The zero-order valence-electron chi connectivity index (χ0n) is 13.6. The third kappa shape index (κ3) is 3.06. The highest BCUT2D eigenvalue weighted by Gasteiger charge is 2.23. The number of ether oxygens (including phenoxy) is 1. The molecule has 1 atom stereocenters. The summed E-state index contributed by atoms with van der Waals surface area (Å²) in [5, 5.41) is 7.45. The van der Waals surface area contributed by atoms with Crippen LogP contribution in [0.5, 0.6) is 0 Å². The molecule has 5 nitrogen and oxygen atoms in total. The van der Waals surface area contributed by atoms with Gasteiger partial charge in [0.15, 0.2) is 11.8 Å². The third-order valence-corrected chi connectivity index (χ3v) is 3.96. The number of aromatic amines is 1. The number of carbonyl (C=O) groups is 2. The molecule has 0 saturated heterocycles. The highest BCUT2D eigenvalue weighted by molar-refractivity contribution is 6.04. The maximum absolute atomic E-state index is 12.4. The lowest BCUT2D eigenvalue weighted by molar-refractivity contribution is 0.0315. The summed E-state index contributed by atoms with van der Waals surface area (Å²) in [6.07, 6.45) is 0.0334. The predicted molar refractivity (Wildman–Crippen MR) is 91.1 cm³/mol. The Morgan fingerprint density at radius 1 is 1.12 bits per heavy atom. The number of hydrogen-bond donors (Lipinski definition) is 1. The molecule has 1 heterocycles. The second-order valence-corrected chi connectivity index (χ2v) is 5.58. The van der Waals surface area contributed by atoms with E-state index in [4.69, 9.17) is 4.74 Å². The Kier molecular flexibility index (Phi) is 4.42. The molecule has 5 heteroatoms. The molecule has 0 saturated carbocycles. The number of carbonyl (C=O) groups excluding carboxylic acids is 2. The molecule has 0 radical (unpaired) electrons. The van der Waals surface area contributed by atoms with Crippen LogP contribution in [0.3, 0.4) is 0 Å². The summed E-state index contributed by atoms with van der Waals surface area (Å²) in [5.74, 6) is -0.843. The Labute approximate surface area is 139 Å². The van der Waals surface area contributed by atoms with Crippen LogP contribution in [0.1, 0.15) is 40.3 Å². The number of hydrogen-bond acceptors (Lipinski definition) is 4. The van der Waals surface area contributed by atoms with E-state index >= 15 is 0 Å². The van der Waals surface area contributed by atoms with Gasteiger partial charge in [-0.3, -0.25) is 9.89 Å². The average molecular weight is 322 g/mol. The molecule has 3 rings (SSSR count). The Morgan fingerprint density at radius 2 is 1.83 bits per heavy atom. The summed E-state index contributed by atoms with van der Waals surface area (Å²) < 4.78 is 5.30. The number of para-hydroxylation sites is 1. The van der Waals surface area contributed by atoms with Crippen LogP contribution in [-0.4, -0.2) is 28.1 Å². The molecule has 1 aromatic heterocycles. The summed E-state index contributed by atoms with van der Waals surface area (Å²) in [4.78, 5) is 24.7. The fraction of sp³-hybridized carbons (Fsp3) is 0.211. The van der Waals surface area contributed by atoms with E-state index < -0.39 is 12.1 Å². The van der Waals surface area contributed by atoms with E-state index in [9.17, 15) is 9.59 Å². The molecule has 0 spiro atoms. The summed E-state index contributed by atoms with van der Waals surface area (Å²) in [7, 11) is 0. The lowest BCUT2D eigenvalue weighted by Crippen LogP contribution is -2.24. The summed E-state index contributed by atoms with van der Waals surface area (Å²) >= 11 is 0. The van der Waals surface area contributed by atoms with Crippen LogP contribution in [0.15, 0.2) is 48.5 Å². The van der Waals surface area contributed by atoms with Crippen LogP contribution in [-0.2, 0) is 11.2 Å². The van der Waals surface area contributed by atoms with Gasteiger partial charge in [0, 0.05) is 10.9 Å². The van der Waals surface area contributed by atoms with Gasteiger partial charge in [0.2, 0.25) is 5.78 Å². The summed E-state index contributed by atoms with van der Waals surface area (Å²) in [5.41, 5.74) is 2.61. The molecule has 0 aliphatic heterocycles. The molecule has 2 aromatic carbocycles. The second kappa shape index (κ2) is 6.66. The Balaban J connectivity index is 1.74. The van der Waals surface area contributed by atoms with Gasteiger partial charge >= 0.3 is 5.97 Å². The molecular formula is C19H18N2O3. The number of benzene rings is 2. The van der Waals surface area contributed by atoms with Crippen molar-refractivity contribution in [3.05, 3.63) is 65.4 Å². The van der Waals surface area contributed by atoms with E-state index in [0.717, 1.165) is 17.5 Å². The minimum atomic E-state index is -0.875. The lowest BCUT2D eigenvalue weighted by atomic mass is 10.0. The quantitative estimate of drug-likeness (QED) is 0.576. The first-order valence-electron chi connectivity index (χ1n) is 7.87. The number of ketones is 1. The van der Waals surface area contributed by atoms with E-state index in [2.05, 4.69) is 17.1 Å². The van der Waals surface area contributed by atoms with Crippen molar-refractivity contribution < 1.29 is 14.3 Å². The van der Waals surface area contributed by atoms with Crippen molar-refractivity contribution in [1.82, 2.24) is 10.2 Å². The SMILES string of the molecule is CCc1ccc(C(=O)[C@H](C)OC(=O)c2n[nH]c3ccccc23)cc1. The molecule has 0 aliphatic rings. The molecule has 3 aromatic rings. The van der Waals surface area contributed by atoms with E-state index in [1.54, 1.807) is 25.1 Å². The topological polar surface area (TPSA) is 72.1 Å². The maximum Gasteiger partial charge on any atom is 0.360 e. The van der Waals surface area contributed by atoms with Crippen LogP contribution in [0.2, 0.25) is 0 Å². The van der Waals surface area contributed by atoms with Crippen LogP contribution in [0, 0.1) is 0 Å². The number of esters is 1. The monoisotopic (exact) mass is 322 g/mol. The number of aromatic nitrogens is 2. The number of rotatable bonds is 5. The zero-order chi connectivity index (χ0) is 17.1. The molecule has 24 heavy (non-hydrogen) atoms. The van der Waals surface area contributed by atoms with Crippen molar-refractivity contribution in [3.8, 4) is 0 Å². The van der Waals surface area contributed by atoms with Crippen LogP contribution in [0.4, 0.5) is 0 Å². The van der Waals surface area contributed by atoms with Crippen LogP contribution in [0.25, 0.3) is 10.9 Å². The Morgan fingerprint density at radius 3 is 2.54 bits per heavy atom. The fourth-order valence-corrected chi connectivity index (χ4v) is 2.53. The highest BCUT2D eigenvalue weighted by Crippen LogP contribution is 2.17. The standard InChI is InChI=1S/C19H18N2O3/c1-3-13-8-10-14(11-9-13)18(22)12(2)24-19(23)17-15-6-4-5-7-16(15)20-21-17/h4-12H,3H2,1-2H3,(H,20,21)/t12-/m0/s1. The van der Waals surface area contributed by atoms with Crippen molar-refractivity contribution in [2.75, 3.05) is 0 Å². The first-order valence-corrected chi connectivity index (χ1v) is 7.87. The first kappa shape index (κ1) is 15.9. The van der Waals surface area contributed by atoms with Gasteiger partial charge in [-0.15, -0.1) is 0 Å². The van der Waals surface area contributed by atoms with Crippen molar-refractivity contribution >= 4 is 22.7 Å². The van der Waals surface area contributed by atoms with Gasteiger partial charge in [0.05, 0.1) is 5.52 Å². The van der Waals surface area contributed by atoms with Crippen molar-refractivity contribution in [1.29, 1.82) is 0 Å². The van der Waals surface area contributed by atoms with Gasteiger partial charge in [-0.25, -0.2) is 4.79 Å². The molecule has 0 fully saturated rings. The predicted octanol–water partition coefficient (Wildman–Crippen LogP) is 3.55. The normalized spacial score (nSPS) is 12.1. The third-order valence-electron chi connectivity index (χ3n) is 3.96. The second-order valence-electron chi connectivity index (χ2n) is 5.58. The number of nitrogens with one attached hydrogen (secondary N) is 1. The number of aryl methyl sites for hydroxylation is 1. The highest BCUT2D eigenvalue weighted by atomic mass is 16.5. The largest absolute Gasteiger partial charge is 0.449 e. The zero-order valence-corrected chi connectivity index (χ0v) is 13.6. The maximum atomic E-state index is 12.4. The molecule has 0 unspecified atom stereocenters. The fourth-order valence-electron chi connectivity index (χ4n) is 2.53. The van der Waals surface area contributed by atoms with Gasteiger partial charge < -0.3 is 4.74 Å². The minimum Gasteiger partial charge on any atom is -0.449 e. The van der Waals surface area contributed by atoms with Gasteiger partial charge in [-0.1, -0.05) is 49.4 Å². The average Bonchev–Trinajstić information content (AvgIpc) is 3.05. The number of nitrogens with zero attached hydrogens (tertiary/aromatic N) is 1. The Hall–Kier alpha value is -2.95.